The molecule has 2 aliphatic rings. The topological polar surface area (TPSA) is 32.3 Å². The summed E-state index contributed by atoms with van der Waals surface area (Å²) in [4.78, 5) is 13.4. The van der Waals surface area contributed by atoms with Gasteiger partial charge in [-0.05, 0) is 45.1 Å². The number of rotatable bonds is 4. The quantitative estimate of drug-likeness (QED) is 0.855. The van der Waals surface area contributed by atoms with Crippen molar-refractivity contribution >= 4 is 5.91 Å². The number of hydrogen-bond donors (Lipinski definition) is 1. The van der Waals surface area contributed by atoms with Gasteiger partial charge in [0.15, 0.2) is 0 Å². The third-order valence-corrected chi connectivity index (χ3v) is 4.07. The zero-order valence-electron chi connectivity index (χ0n) is 11.2. The van der Waals surface area contributed by atoms with Crippen LogP contribution in [-0.4, -0.2) is 42.7 Å². The molecule has 2 rings (SSSR count). The molecule has 1 aliphatic heterocycles. The van der Waals surface area contributed by atoms with Crippen LogP contribution in [0.5, 0.6) is 0 Å². The van der Waals surface area contributed by atoms with Crippen LogP contribution >= 0.6 is 0 Å². The summed E-state index contributed by atoms with van der Waals surface area (Å²) in [5.74, 6) is -0.371. The van der Waals surface area contributed by atoms with Gasteiger partial charge in [0.1, 0.15) is 6.54 Å². The smallest absolute Gasteiger partial charge is 0.330 e. The van der Waals surface area contributed by atoms with E-state index in [1.807, 2.05) is 0 Å². The first kappa shape index (κ1) is 14.6. The molecule has 2 atom stereocenters. The average Bonchev–Trinajstić information content (AvgIpc) is 3.18. The molecule has 0 bridgehead atoms. The van der Waals surface area contributed by atoms with Crippen molar-refractivity contribution in [2.75, 3.05) is 19.6 Å². The molecule has 2 fully saturated rings. The lowest BCUT2D eigenvalue weighted by atomic mass is 9.97. The van der Waals surface area contributed by atoms with E-state index in [9.17, 15) is 18.0 Å². The third kappa shape index (κ3) is 4.09. The largest absolute Gasteiger partial charge is 0.406 e. The van der Waals surface area contributed by atoms with Gasteiger partial charge >= 0.3 is 6.18 Å². The minimum atomic E-state index is -4.32. The molecule has 1 heterocycles. The number of halogens is 3. The van der Waals surface area contributed by atoms with Gasteiger partial charge in [-0.2, -0.15) is 13.2 Å². The van der Waals surface area contributed by atoms with Gasteiger partial charge < -0.3 is 10.2 Å². The van der Waals surface area contributed by atoms with Gasteiger partial charge in [-0.25, -0.2) is 0 Å². The summed E-state index contributed by atoms with van der Waals surface area (Å²) in [6, 6.07) is -0.295. The highest BCUT2D eigenvalue weighted by molar-refractivity contribution is 5.79. The monoisotopic (exact) mass is 278 g/mol. The summed E-state index contributed by atoms with van der Waals surface area (Å²) < 4.78 is 38.0. The summed E-state index contributed by atoms with van der Waals surface area (Å²) in [6.07, 6.45) is -0.899. The van der Waals surface area contributed by atoms with E-state index in [1.54, 1.807) is 6.92 Å². The lowest BCUT2D eigenvalue weighted by molar-refractivity contribution is -0.169. The van der Waals surface area contributed by atoms with Crippen LogP contribution in [0.15, 0.2) is 0 Å². The highest BCUT2D eigenvalue weighted by Crippen LogP contribution is 2.37. The maximum Gasteiger partial charge on any atom is 0.406 e. The van der Waals surface area contributed by atoms with E-state index in [0.29, 0.717) is 13.0 Å². The molecular weight excluding hydrogens is 257 g/mol. The summed E-state index contributed by atoms with van der Waals surface area (Å²) in [6.45, 7) is 1.99. The van der Waals surface area contributed by atoms with Gasteiger partial charge in [0.25, 0.3) is 0 Å². The maximum absolute atomic E-state index is 12.7. The number of carbonyl (C=O) groups is 1. The lowest BCUT2D eigenvalue weighted by Crippen LogP contribution is -2.50. The van der Waals surface area contributed by atoms with E-state index in [4.69, 9.17) is 0 Å². The average molecular weight is 278 g/mol. The summed E-state index contributed by atoms with van der Waals surface area (Å²) in [5, 5.41) is 3.09. The molecule has 0 aromatic rings. The summed E-state index contributed by atoms with van der Waals surface area (Å²) in [5.41, 5.74) is 0. The molecule has 1 saturated carbocycles. The van der Waals surface area contributed by atoms with Crippen molar-refractivity contribution in [2.45, 2.75) is 44.8 Å². The minimum Gasteiger partial charge on any atom is -0.330 e. The fraction of sp³-hybridized carbons (Fsp3) is 0.923. The van der Waals surface area contributed by atoms with Crippen molar-refractivity contribution in [2.24, 2.45) is 11.8 Å². The van der Waals surface area contributed by atoms with E-state index < -0.39 is 12.7 Å². The predicted octanol–water partition coefficient (Wildman–Crippen LogP) is 2.18. The minimum absolute atomic E-state index is 0.253. The molecule has 1 saturated heterocycles. The van der Waals surface area contributed by atoms with E-state index in [0.717, 1.165) is 30.7 Å². The Morgan fingerprint density at radius 1 is 1.37 bits per heavy atom. The van der Waals surface area contributed by atoms with Crippen LogP contribution in [0.4, 0.5) is 13.2 Å². The van der Waals surface area contributed by atoms with Gasteiger partial charge in [-0.1, -0.05) is 0 Å². The molecule has 0 aromatic heterocycles. The van der Waals surface area contributed by atoms with Crippen LogP contribution in [0.3, 0.4) is 0 Å². The Morgan fingerprint density at radius 3 is 2.53 bits per heavy atom. The standard InChI is InChI=1S/C13H21F3N2O/c1-9(10-4-5-10)18(8-13(14,15)16)12(19)11-3-2-6-17-7-11/h9-11,17H,2-8H2,1H3/t9?,11-/m0/s1. The Bertz CT molecular complexity index is 322. The van der Waals surface area contributed by atoms with Gasteiger partial charge in [-0.15, -0.1) is 0 Å². The first-order valence-corrected chi connectivity index (χ1v) is 6.96. The van der Waals surface area contributed by atoms with Gasteiger partial charge in [-0.3, -0.25) is 4.79 Å². The molecule has 1 N–H and O–H groups in total. The summed E-state index contributed by atoms with van der Waals surface area (Å²) in [7, 11) is 0. The number of nitrogens with one attached hydrogen (secondary N) is 1. The molecule has 3 nitrogen and oxygen atoms in total. The zero-order valence-corrected chi connectivity index (χ0v) is 11.2. The number of alkyl halides is 3. The van der Waals surface area contributed by atoms with Crippen LogP contribution < -0.4 is 5.32 Å². The van der Waals surface area contributed by atoms with Crippen molar-refractivity contribution < 1.29 is 18.0 Å². The highest BCUT2D eigenvalue weighted by atomic mass is 19.4. The van der Waals surface area contributed by atoms with Crippen molar-refractivity contribution in [1.82, 2.24) is 10.2 Å². The molecule has 1 amide bonds. The fourth-order valence-electron chi connectivity index (χ4n) is 2.75. The van der Waals surface area contributed by atoms with E-state index in [1.165, 1.54) is 0 Å². The fourth-order valence-corrected chi connectivity index (χ4v) is 2.75. The molecule has 1 unspecified atom stereocenters. The van der Waals surface area contributed by atoms with Gasteiger partial charge in [0.05, 0.1) is 5.92 Å². The Kier molecular flexibility index (Phi) is 4.38. The molecule has 6 heteroatoms. The van der Waals surface area contributed by atoms with E-state index >= 15 is 0 Å². The predicted molar refractivity (Wildman–Crippen MR) is 65.5 cm³/mol. The molecule has 0 radical (unpaired) electrons. The Labute approximate surface area is 111 Å². The molecule has 1 aliphatic carbocycles. The van der Waals surface area contributed by atoms with Crippen molar-refractivity contribution in [3.8, 4) is 0 Å². The van der Waals surface area contributed by atoms with Crippen LogP contribution in [0.25, 0.3) is 0 Å². The number of carbonyl (C=O) groups excluding carboxylic acids is 1. The second-order valence-electron chi connectivity index (χ2n) is 5.70. The number of nitrogens with zero attached hydrogens (tertiary/aromatic N) is 1. The Hall–Kier alpha value is -0.780. The van der Waals surface area contributed by atoms with Crippen LogP contribution in [0.2, 0.25) is 0 Å². The van der Waals surface area contributed by atoms with Gasteiger partial charge in [0.2, 0.25) is 5.91 Å². The molecule has 110 valence electrons. The number of amides is 1. The maximum atomic E-state index is 12.7. The first-order valence-electron chi connectivity index (χ1n) is 6.96. The SMILES string of the molecule is CC(C1CC1)N(CC(F)(F)F)C(=O)[C@H]1CCCNC1. The number of hydrogen-bond acceptors (Lipinski definition) is 2. The normalized spacial score (nSPS) is 26.0. The second kappa shape index (κ2) is 5.69. The zero-order chi connectivity index (χ0) is 14.0. The van der Waals surface area contributed by atoms with E-state index in [2.05, 4.69) is 5.32 Å². The van der Waals surface area contributed by atoms with Crippen molar-refractivity contribution in [1.29, 1.82) is 0 Å². The van der Waals surface area contributed by atoms with Crippen LogP contribution in [0, 0.1) is 11.8 Å². The lowest BCUT2D eigenvalue weighted by Gasteiger charge is -2.34. The van der Waals surface area contributed by atoms with E-state index in [-0.39, 0.29) is 23.8 Å². The Morgan fingerprint density at radius 2 is 2.05 bits per heavy atom. The third-order valence-electron chi connectivity index (χ3n) is 4.07. The van der Waals surface area contributed by atoms with Gasteiger partial charge in [0, 0.05) is 12.6 Å². The molecular formula is C13H21F3N2O. The molecule has 0 aromatic carbocycles. The van der Waals surface area contributed by atoms with Crippen molar-refractivity contribution in [3.05, 3.63) is 0 Å². The molecule has 0 spiro atoms. The Balaban J connectivity index is 2.04. The first-order chi connectivity index (χ1) is 8.88. The highest BCUT2D eigenvalue weighted by Gasteiger charge is 2.42. The van der Waals surface area contributed by atoms with Crippen LogP contribution in [0.1, 0.15) is 32.6 Å². The summed E-state index contributed by atoms with van der Waals surface area (Å²) >= 11 is 0. The molecule has 19 heavy (non-hydrogen) atoms. The van der Waals surface area contributed by atoms with Crippen LogP contribution in [-0.2, 0) is 4.79 Å². The second-order valence-corrected chi connectivity index (χ2v) is 5.70. The van der Waals surface area contributed by atoms with Crippen molar-refractivity contribution in [3.63, 3.8) is 0 Å². The number of piperidine rings is 1.